The topological polar surface area (TPSA) is 66.5 Å². The van der Waals surface area contributed by atoms with E-state index in [4.69, 9.17) is 10.8 Å². The van der Waals surface area contributed by atoms with Gasteiger partial charge in [0.1, 0.15) is 5.75 Å². The van der Waals surface area contributed by atoms with Crippen LogP contribution in [0, 0.1) is 0 Å². The standard InChI is InChI=1S/C10H15NO2/c1-2-9(11)10(13)7-3-5-8(12)6-4-7/h3-6,9-10,12-13H,2,11H2,1H3. The smallest absolute Gasteiger partial charge is 0.115 e. The van der Waals surface area contributed by atoms with Gasteiger partial charge in [0.25, 0.3) is 0 Å². The van der Waals surface area contributed by atoms with Gasteiger partial charge in [-0.05, 0) is 24.1 Å². The minimum atomic E-state index is -0.648. The molecule has 2 atom stereocenters. The van der Waals surface area contributed by atoms with Crippen molar-refractivity contribution in [3.8, 4) is 5.75 Å². The Morgan fingerprint density at radius 1 is 1.31 bits per heavy atom. The quantitative estimate of drug-likeness (QED) is 0.655. The normalized spacial score (nSPS) is 15.3. The van der Waals surface area contributed by atoms with Crippen LogP contribution in [0.3, 0.4) is 0 Å². The molecule has 0 aliphatic rings. The second-order valence-corrected chi connectivity index (χ2v) is 3.11. The van der Waals surface area contributed by atoms with Crippen LogP contribution in [0.2, 0.25) is 0 Å². The molecule has 0 saturated heterocycles. The summed E-state index contributed by atoms with van der Waals surface area (Å²) in [6.07, 6.45) is 0.0767. The van der Waals surface area contributed by atoms with Crippen LogP contribution in [0.4, 0.5) is 0 Å². The molecule has 0 aliphatic heterocycles. The number of rotatable bonds is 3. The first-order valence-electron chi connectivity index (χ1n) is 4.37. The van der Waals surface area contributed by atoms with Crippen molar-refractivity contribution in [1.82, 2.24) is 0 Å². The third kappa shape index (κ3) is 2.44. The maximum atomic E-state index is 9.67. The average Bonchev–Trinajstić information content (AvgIpc) is 2.17. The summed E-state index contributed by atoms with van der Waals surface area (Å²) in [6, 6.07) is 6.19. The Morgan fingerprint density at radius 2 is 1.85 bits per heavy atom. The number of aliphatic hydroxyl groups excluding tert-OH is 1. The minimum Gasteiger partial charge on any atom is -0.508 e. The predicted molar refractivity (Wildman–Crippen MR) is 51.3 cm³/mol. The van der Waals surface area contributed by atoms with E-state index in [1.165, 1.54) is 0 Å². The lowest BCUT2D eigenvalue weighted by atomic mass is 10.0. The maximum Gasteiger partial charge on any atom is 0.115 e. The van der Waals surface area contributed by atoms with Crippen LogP contribution in [-0.4, -0.2) is 16.3 Å². The molecule has 1 rings (SSSR count). The number of phenols is 1. The van der Waals surface area contributed by atoms with E-state index in [0.717, 1.165) is 12.0 Å². The second kappa shape index (κ2) is 4.25. The lowest BCUT2D eigenvalue weighted by Gasteiger charge is -2.17. The summed E-state index contributed by atoms with van der Waals surface area (Å²) in [5.74, 6) is 0.195. The van der Waals surface area contributed by atoms with E-state index in [1.807, 2.05) is 6.92 Å². The van der Waals surface area contributed by atoms with Crippen LogP contribution in [0.1, 0.15) is 25.0 Å². The molecule has 0 bridgehead atoms. The Labute approximate surface area is 77.8 Å². The fourth-order valence-electron chi connectivity index (χ4n) is 1.14. The number of phenolic OH excluding ortho intramolecular Hbond substituents is 1. The van der Waals surface area contributed by atoms with Gasteiger partial charge >= 0.3 is 0 Å². The first kappa shape index (κ1) is 10.0. The number of aliphatic hydroxyl groups is 1. The summed E-state index contributed by atoms with van der Waals surface area (Å²) in [4.78, 5) is 0. The second-order valence-electron chi connectivity index (χ2n) is 3.11. The van der Waals surface area contributed by atoms with Gasteiger partial charge in [-0.15, -0.1) is 0 Å². The van der Waals surface area contributed by atoms with Crippen molar-refractivity contribution in [2.45, 2.75) is 25.5 Å². The van der Waals surface area contributed by atoms with E-state index in [1.54, 1.807) is 24.3 Å². The van der Waals surface area contributed by atoms with Gasteiger partial charge in [-0.3, -0.25) is 0 Å². The molecule has 4 N–H and O–H groups in total. The van der Waals surface area contributed by atoms with Gasteiger partial charge in [0.2, 0.25) is 0 Å². The van der Waals surface area contributed by atoms with Crippen LogP contribution < -0.4 is 5.73 Å². The van der Waals surface area contributed by atoms with Gasteiger partial charge in [0.15, 0.2) is 0 Å². The molecule has 0 saturated carbocycles. The molecule has 3 nitrogen and oxygen atoms in total. The van der Waals surface area contributed by atoms with E-state index < -0.39 is 6.10 Å². The fourth-order valence-corrected chi connectivity index (χ4v) is 1.14. The molecule has 13 heavy (non-hydrogen) atoms. The maximum absolute atomic E-state index is 9.67. The molecule has 2 unspecified atom stereocenters. The largest absolute Gasteiger partial charge is 0.508 e. The monoisotopic (exact) mass is 181 g/mol. The predicted octanol–water partition coefficient (Wildman–Crippen LogP) is 1.16. The zero-order valence-corrected chi connectivity index (χ0v) is 7.64. The molecule has 0 heterocycles. The third-order valence-electron chi connectivity index (χ3n) is 2.11. The number of aromatic hydroxyl groups is 1. The molecule has 72 valence electrons. The highest BCUT2D eigenvalue weighted by Gasteiger charge is 2.14. The van der Waals surface area contributed by atoms with Gasteiger partial charge in [0, 0.05) is 6.04 Å². The third-order valence-corrected chi connectivity index (χ3v) is 2.11. The summed E-state index contributed by atoms with van der Waals surface area (Å²) >= 11 is 0. The molecule has 0 radical (unpaired) electrons. The minimum absolute atomic E-state index is 0.195. The van der Waals surface area contributed by atoms with Crippen molar-refractivity contribution in [3.05, 3.63) is 29.8 Å². The molecular formula is C10H15NO2. The highest BCUT2D eigenvalue weighted by Crippen LogP contribution is 2.19. The summed E-state index contributed by atoms with van der Waals surface area (Å²) in [5.41, 5.74) is 6.42. The van der Waals surface area contributed by atoms with Crippen molar-refractivity contribution >= 4 is 0 Å². The van der Waals surface area contributed by atoms with Gasteiger partial charge < -0.3 is 15.9 Å². The molecule has 0 fully saturated rings. The van der Waals surface area contributed by atoms with E-state index >= 15 is 0 Å². The lowest BCUT2D eigenvalue weighted by molar-refractivity contribution is 0.144. The Bertz CT molecular complexity index is 258. The van der Waals surface area contributed by atoms with Crippen molar-refractivity contribution in [1.29, 1.82) is 0 Å². The number of benzene rings is 1. The van der Waals surface area contributed by atoms with E-state index in [0.29, 0.717) is 0 Å². The van der Waals surface area contributed by atoms with E-state index in [2.05, 4.69) is 0 Å². The average molecular weight is 181 g/mol. The van der Waals surface area contributed by atoms with Gasteiger partial charge in [-0.25, -0.2) is 0 Å². The van der Waals surface area contributed by atoms with Crippen molar-refractivity contribution in [2.75, 3.05) is 0 Å². The van der Waals surface area contributed by atoms with Crippen LogP contribution >= 0.6 is 0 Å². The molecular weight excluding hydrogens is 166 g/mol. The van der Waals surface area contributed by atoms with Gasteiger partial charge in [0.05, 0.1) is 6.10 Å². The zero-order valence-electron chi connectivity index (χ0n) is 7.64. The number of nitrogens with two attached hydrogens (primary N) is 1. The highest BCUT2D eigenvalue weighted by molar-refractivity contribution is 5.27. The number of hydrogen-bond acceptors (Lipinski definition) is 3. The molecule has 1 aromatic carbocycles. The molecule has 3 heteroatoms. The Kier molecular flexibility index (Phi) is 3.28. The van der Waals surface area contributed by atoms with Gasteiger partial charge in [-0.2, -0.15) is 0 Å². The first-order chi connectivity index (χ1) is 6.15. The summed E-state index contributed by atoms with van der Waals surface area (Å²) in [7, 11) is 0. The fraction of sp³-hybridized carbons (Fsp3) is 0.400. The van der Waals surface area contributed by atoms with Gasteiger partial charge in [-0.1, -0.05) is 19.1 Å². The first-order valence-corrected chi connectivity index (χ1v) is 4.37. The van der Waals surface area contributed by atoms with Crippen LogP contribution in [0.25, 0.3) is 0 Å². The van der Waals surface area contributed by atoms with E-state index in [-0.39, 0.29) is 11.8 Å². The molecule has 0 amide bonds. The molecule has 0 spiro atoms. The van der Waals surface area contributed by atoms with Crippen LogP contribution in [0.5, 0.6) is 5.75 Å². The highest BCUT2D eigenvalue weighted by atomic mass is 16.3. The molecule has 0 aliphatic carbocycles. The van der Waals surface area contributed by atoms with Crippen molar-refractivity contribution in [2.24, 2.45) is 5.73 Å². The Morgan fingerprint density at radius 3 is 2.31 bits per heavy atom. The Hall–Kier alpha value is -1.06. The number of hydrogen-bond donors (Lipinski definition) is 3. The molecule has 1 aromatic rings. The Balaban J connectivity index is 2.77. The lowest BCUT2D eigenvalue weighted by Crippen LogP contribution is -2.27. The SMILES string of the molecule is CCC(N)C(O)c1ccc(O)cc1. The summed E-state index contributed by atoms with van der Waals surface area (Å²) < 4.78 is 0. The van der Waals surface area contributed by atoms with Crippen LogP contribution in [-0.2, 0) is 0 Å². The van der Waals surface area contributed by atoms with E-state index in [9.17, 15) is 5.11 Å². The summed E-state index contributed by atoms with van der Waals surface area (Å²) in [6.45, 7) is 1.92. The van der Waals surface area contributed by atoms with Crippen LogP contribution in [0.15, 0.2) is 24.3 Å². The van der Waals surface area contributed by atoms with Crippen molar-refractivity contribution in [3.63, 3.8) is 0 Å². The van der Waals surface area contributed by atoms with Crippen molar-refractivity contribution < 1.29 is 10.2 Å². The zero-order chi connectivity index (χ0) is 9.84. The molecule has 0 aromatic heterocycles. The summed E-state index contributed by atoms with van der Waals surface area (Å²) in [5, 5.41) is 18.7.